The van der Waals surface area contributed by atoms with Crippen LogP contribution in [0, 0.1) is 13.8 Å². The van der Waals surface area contributed by atoms with E-state index >= 15 is 0 Å². The Hall–Kier alpha value is -2.28. The van der Waals surface area contributed by atoms with Crippen molar-refractivity contribution in [1.29, 1.82) is 0 Å². The summed E-state index contributed by atoms with van der Waals surface area (Å²) in [6.07, 6.45) is 0. The van der Waals surface area contributed by atoms with Gasteiger partial charge < -0.3 is 5.32 Å². The molecule has 0 aromatic heterocycles. The molecule has 0 aliphatic heterocycles. The number of nitrogens with one attached hydrogen (secondary N) is 1. The van der Waals surface area contributed by atoms with Crippen LogP contribution >= 0.6 is 0 Å². The zero-order valence-corrected chi connectivity index (χ0v) is 12.9. The van der Waals surface area contributed by atoms with Crippen molar-refractivity contribution in [2.45, 2.75) is 26.8 Å². The SMILES string of the molecule is Cc1cc(C)cc(C(C)Nc2ccc3ccccc3c2)c1. The van der Waals surface area contributed by atoms with Crippen LogP contribution in [0.2, 0.25) is 0 Å². The summed E-state index contributed by atoms with van der Waals surface area (Å²) in [6, 6.07) is 22.0. The lowest BCUT2D eigenvalue weighted by molar-refractivity contribution is 0.881. The molecular formula is C20H21N. The molecule has 0 amide bonds. The zero-order chi connectivity index (χ0) is 14.8. The van der Waals surface area contributed by atoms with E-state index in [1.807, 2.05) is 0 Å². The van der Waals surface area contributed by atoms with Gasteiger partial charge in [0.05, 0.1) is 0 Å². The first-order chi connectivity index (χ1) is 10.1. The molecule has 0 saturated heterocycles. The molecule has 3 aromatic rings. The Bertz CT molecular complexity index is 753. The third-order valence-electron chi connectivity index (χ3n) is 3.88. The summed E-state index contributed by atoms with van der Waals surface area (Å²) in [7, 11) is 0. The van der Waals surface area contributed by atoms with Crippen LogP contribution in [-0.2, 0) is 0 Å². The molecule has 1 N–H and O–H groups in total. The molecule has 21 heavy (non-hydrogen) atoms. The topological polar surface area (TPSA) is 12.0 Å². The second kappa shape index (κ2) is 5.61. The fourth-order valence-corrected chi connectivity index (χ4v) is 2.87. The molecule has 0 radical (unpaired) electrons. The fraction of sp³-hybridized carbons (Fsp3) is 0.200. The number of benzene rings is 3. The van der Waals surface area contributed by atoms with E-state index in [-0.39, 0.29) is 0 Å². The standard InChI is InChI=1S/C20H21N/c1-14-10-15(2)12-19(11-14)16(3)21-20-9-8-17-6-4-5-7-18(17)13-20/h4-13,16,21H,1-3H3. The first-order valence-corrected chi connectivity index (χ1v) is 7.45. The first-order valence-electron chi connectivity index (χ1n) is 7.45. The smallest absolute Gasteiger partial charge is 0.0485 e. The Kier molecular flexibility index (Phi) is 3.66. The van der Waals surface area contributed by atoms with Crippen LogP contribution in [0.3, 0.4) is 0 Å². The van der Waals surface area contributed by atoms with Gasteiger partial charge in [0.25, 0.3) is 0 Å². The van der Waals surface area contributed by atoms with Crippen LogP contribution < -0.4 is 5.32 Å². The van der Waals surface area contributed by atoms with E-state index in [1.165, 1.54) is 33.2 Å². The second-order valence-corrected chi connectivity index (χ2v) is 5.85. The molecule has 0 saturated carbocycles. The number of anilines is 1. The van der Waals surface area contributed by atoms with E-state index < -0.39 is 0 Å². The minimum Gasteiger partial charge on any atom is -0.379 e. The van der Waals surface area contributed by atoms with Crippen LogP contribution in [0.4, 0.5) is 5.69 Å². The molecule has 1 nitrogen and oxygen atoms in total. The normalized spacial score (nSPS) is 12.3. The number of hydrogen-bond acceptors (Lipinski definition) is 1. The van der Waals surface area contributed by atoms with Crippen LogP contribution in [0.25, 0.3) is 10.8 Å². The Morgan fingerprint density at radius 3 is 2.14 bits per heavy atom. The first kappa shape index (κ1) is 13.7. The van der Waals surface area contributed by atoms with E-state index in [1.54, 1.807) is 0 Å². The quantitative estimate of drug-likeness (QED) is 0.653. The summed E-state index contributed by atoms with van der Waals surface area (Å²) in [4.78, 5) is 0. The summed E-state index contributed by atoms with van der Waals surface area (Å²) < 4.78 is 0. The molecule has 1 unspecified atom stereocenters. The van der Waals surface area contributed by atoms with E-state index in [9.17, 15) is 0 Å². The van der Waals surface area contributed by atoms with Crippen molar-refractivity contribution in [3.63, 3.8) is 0 Å². The summed E-state index contributed by atoms with van der Waals surface area (Å²) >= 11 is 0. The number of aryl methyl sites for hydroxylation is 2. The molecule has 3 aromatic carbocycles. The van der Waals surface area contributed by atoms with Gasteiger partial charge in [-0.2, -0.15) is 0 Å². The lowest BCUT2D eigenvalue weighted by atomic mass is 10.0. The van der Waals surface area contributed by atoms with Crippen molar-refractivity contribution in [2.24, 2.45) is 0 Å². The molecule has 1 atom stereocenters. The molecule has 0 bridgehead atoms. The molecule has 0 heterocycles. The van der Waals surface area contributed by atoms with Gasteiger partial charge in [-0.05, 0) is 49.2 Å². The molecule has 0 spiro atoms. The van der Waals surface area contributed by atoms with Gasteiger partial charge in [-0.25, -0.2) is 0 Å². The number of rotatable bonds is 3. The number of hydrogen-bond donors (Lipinski definition) is 1. The summed E-state index contributed by atoms with van der Waals surface area (Å²) in [6.45, 7) is 6.52. The van der Waals surface area contributed by atoms with Crippen LogP contribution in [-0.4, -0.2) is 0 Å². The zero-order valence-electron chi connectivity index (χ0n) is 12.9. The third-order valence-corrected chi connectivity index (χ3v) is 3.88. The Morgan fingerprint density at radius 2 is 1.43 bits per heavy atom. The van der Waals surface area contributed by atoms with E-state index in [4.69, 9.17) is 0 Å². The van der Waals surface area contributed by atoms with Crippen molar-refractivity contribution in [2.75, 3.05) is 5.32 Å². The van der Waals surface area contributed by atoms with E-state index in [2.05, 4.69) is 86.8 Å². The van der Waals surface area contributed by atoms with Crippen molar-refractivity contribution < 1.29 is 0 Å². The highest BCUT2D eigenvalue weighted by molar-refractivity contribution is 5.85. The van der Waals surface area contributed by atoms with Crippen molar-refractivity contribution >= 4 is 16.5 Å². The average Bonchev–Trinajstić information content (AvgIpc) is 2.46. The maximum absolute atomic E-state index is 3.60. The Morgan fingerprint density at radius 1 is 0.762 bits per heavy atom. The van der Waals surface area contributed by atoms with E-state index in [0.29, 0.717) is 6.04 Å². The fourth-order valence-electron chi connectivity index (χ4n) is 2.87. The van der Waals surface area contributed by atoms with Crippen molar-refractivity contribution in [3.8, 4) is 0 Å². The Labute approximate surface area is 126 Å². The molecule has 0 aliphatic carbocycles. The third kappa shape index (κ3) is 3.08. The van der Waals surface area contributed by atoms with Gasteiger partial charge in [-0.1, -0.05) is 59.7 Å². The summed E-state index contributed by atoms with van der Waals surface area (Å²) in [5, 5.41) is 6.16. The number of fused-ring (bicyclic) bond motifs is 1. The van der Waals surface area contributed by atoms with E-state index in [0.717, 1.165) is 0 Å². The molecule has 3 rings (SSSR count). The van der Waals surface area contributed by atoms with Gasteiger partial charge >= 0.3 is 0 Å². The molecule has 106 valence electrons. The predicted molar refractivity (Wildman–Crippen MR) is 91.9 cm³/mol. The largest absolute Gasteiger partial charge is 0.379 e. The minimum atomic E-state index is 0.296. The maximum atomic E-state index is 3.60. The lowest BCUT2D eigenvalue weighted by Crippen LogP contribution is -2.07. The summed E-state index contributed by atoms with van der Waals surface area (Å²) in [5.41, 5.74) is 5.13. The van der Waals surface area contributed by atoms with Gasteiger partial charge in [0, 0.05) is 11.7 Å². The van der Waals surface area contributed by atoms with Gasteiger partial charge in [-0.3, -0.25) is 0 Å². The van der Waals surface area contributed by atoms with Gasteiger partial charge in [-0.15, -0.1) is 0 Å². The average molecular weight is 275 g/mol. The second-order valence-electron chi connectivity index (χ2n) is 5.85. The summed E-state index contributed by atoms with van der Waals surface area (Å²) in [5.74, 6) is 0. The Balaban J connectivity index is 1.86. The van der Waals surface area contributed by atoms with Crippen LogP contribution in [0.15, 0.2) is 60.7 Å². The maximum Gasteiger partial charge on any atom is 0.0485 e. The van der Waals surface area contributed by atoms with Crippen molar-refractivity contribution in [3.05, 3.63) is 77.4 Å². The molecular weight excluding hydrogens is 254 g/mol. The molecule has 0 aliphatic rings. The lowest BCUT2D eigenvalue weighted by Gasteiger charge is -2.17. The highest BCUT2D eigenvalue weighted by atomic mass is 14.9. The monoisotopic (exact) mass is 275 g/mol. The van der Waals surface area contributed by atoms with Gasteiger partial charge in [0.15, 0.2) is 0 Å². The van der Waals surface area contributed by atoms with Gasteiger partial charge in [0.1, 0.15) is 0 Å². The minimum absolute atomic E-state index is 0.296. The predicted octanol–water partition coefficient (Wildman–Crippen LogP) is 5.63. The molecule has 1 heteroatoms. The van der Waals surface area contributed by atoms with Gasteiger partial charge in [0.2, 0.25) is 0 Å². The van der Waals surface area contributed by atoms with Crippen LogP contribution in [0.5, 0.6) is 0 Å². The van der Waals surface area contributed by atoms with Crippen LogP contribution in [0.1, 0.15) is 29.7 Å². The van der Waals surface area contributed by atoms with Crippen molar-refractivity contribution in [1.82, 2.24) is 0 Å². The highest BCUT2D eigenvalue weighted by Crippen LogP contribution is 2.24. The molecule has 0 fully saturated rings. The highest BCUT2D eigenvalue weighted by Gasteiger charge is 2.07.